The molecule has 0 rings (SSSR count). The quantitative estimate of drug-likeness (QED) is 0.114. The minimum absolute atomic E-state index is 0. The fourth-order valence-corrected chi connectivity index (χ4v) is 0.829. The van der Waals surface area contributed by atoms with Crippen molar-refractivity contribution in [3.63, 3.8) is 0 Å². The van der Waals surface area contributed by atoms with Gasteiger partial charge in [0.2, 0.25) is 0 Å². The Labute approximate surface area is 184 Å². The van der Waals surface area contributed by atoms with Gasteiger partial charge in [0, 0.05) is 34.1 Å². The topological polar surface area (TPSA) is 260 Å². The van der Waals surface area contributed by atoms with E-state index in [-0.39, 0.29) is 73.4 Å². The monoisotopic (exact) mass is 511 g/mol. The number of carbonyl (C=O) groups is 6. The summed E-state index contributed by atoms with van der Waals surface area (Å²) in [5.74, 6) is -6.35. The van der Waals surface area contributed by atoms with Gasteiger partial charge in [-0.25, -0.2) is 0 Å². The first-order valence-corrected chi connectivity index (χ1v) is 6.81. The zero-order chi connectivity index (χ0) is 21.8. The number of nitrogens with one attached hydrogen (secondary N) is 3. The van der Waals surface area contributed by atoms with E-state index in [0.717, 1.165) is 0 Å². The van der Waals surface area contributed by atoms with Crippen LogP contribution in [0.15, 0.2) is 0 Å². The molecule has 0 aliphatic carbocycles. The molecule has 0 spiro atoms. The minimum Gasteiger partial charge on any atom is -0.480 e. The molecule has 0 radical (unpaired) electrons. The second-order valence-electron chi connectivity index (χ2n) is 4.17. The molecule has 15 nitrogen and oxygen atoms in total. The van der Waals surface area contributed by atoms with Crippen LogP contribution in [0.4, 0.5) is 0 Å². The van der Waals surface area contributed by atoms with E-state index in [1.165, 1.54) is 0 Å². The molecule has 0 aliphatic rings. The Morgan fingerprint density at radius 2 is 0.483 bits per heavy atom. The Hall–Kier alpha value is -2.26. The van der Waals surface area contributed by atoms with Crippen LogP contribution >= 0.6 is 0 Å². The van der Waals surface area contributed by atoms with Crippen molar-refractivity contribution >= 4 is 35.8 Å². The molecule has 0 amide bonds. The number of rotatable bonds is 12. The standard InChI is InChI=1S/3C4H7NO4.2Fe/c3*6-3(7)1-5-2-4(8)9;;/h3*5H,1-2H2,(H,6,7)(H,8,9);;. The molecule has 0 aromatic carbocycles. The van der Waals surface area contributed by atoms with Gasteiger partial charge < -0.3 is 30.6 Å². The van der Waals surface area contributed by atoms with Gasteiger partial charge in [-0.05, 0) is 0 Å². The maximum absolute atomic E-state index is 9.73. The van der Waals surface area contributed by atoms with Crippen LogP contribution in [0.3, 0.4) is 0 Å². The largest absolute Gasteiger partial charge is 0.480 e. The van der Waals surface area contributed by atoms with E-state index >= 15 is 0 Å². The molecule has 0 saturated heterocycles. The molecule has 0 aromatic heterocycles. The minimum atomic E-state index is -1.06. The molecule has 172 valence electrons. The Kier molecular flexibility index (Phi) is 33.3. The first kappa shape index (κ1) is 37.5. The maximum atomic E-state index is 9.73. The van der Waals surface area contributed by atoms with Crippen LogP contribution in [-0.4, -0.2) is 106 Å². The first-order valence-electron chi connectivity index (χ1n) is 6.81. The summed E-state index contributed by atoms with van der Waals surface area (Å²) in [6.07, 6.45) is 0. The molecule has 0 atom stereocenters. The molecule has 0 unspecified atom stereocenters. The third-order valence-electron chi connectivity index (χ3n) is 1.66. The van der Waals surface area contributed by atoms with Crippen LogP contribution in [0.25, 0.3) is 0 Å². The van der Waals surface area contributed by atoms with Crippen molar-refractivity contribution in [1.82, 2.24) is 16.0 Å². The van der Waals surface area contributed by atoms with E-state index in [1.54, 1.807) is 0 Å². The Bertz CT molecular complexity index is 405. The van der Waals surface area contributed by atoms with Gasteiger partial charge in [0.1, 0.15) is 0 Å². The molecular weight excluding hydrogens is 490 g/mol. The van der Waals surface area contributed by atoms with E-state index in [2.05, 4.69) is 16.0 Å². The molecule has 0 saturated carbocycles. The zero-order valence-electron chi connectivity index (χ0n) is 14.6. The third-order valence-corrected chi connectivity index (χ3v) is 1.66. The summed E-state index contributed by atoms with van der Waals surface area (Å²) in [5, 5.41) is 54.4. The van der Waals surface area contributed by atoms with Gasteiger partial charge in [0.25, 0.3) is 0 Å². The molecule has 0 aromatic rings. The van der Waals surface area contributed by atoms with Crippen molar-refractivity contribution < 1.29 is 93.5 Å². The van der Waals surface area contributed by atoms with E-state index < -0.39 is 35.8 Å². The van der Waals surface area contributed by atoms with Gasteiger partial charge in [-0.15, -0.1) is 0 Å². The van der Waals surface area contributed by atoms with E-state index in [1.807, 2.05) is 0 Å². The number of aliphatic carboxylic acids is 6. The molecule has 9 N–H and O–H groups in total. The van der Waals surface area contributed by atoms with Crippen LogP contribution in [-0.2, 0) is 62.9 Å². The predicted molar refractivity (Wildman–Crippen MR) is 84.4 cm³/mol. The second kappa shape index (κ2) is 25.7. The Morgan fingerprint density at radius 1 is 0.379 bits per heavy atom. The molecule has 0 bridgehead atoms. The SMILES string of the molecule is O=C(O)CNCC(=O)O.O=C(O)CNCC(=O)O.O=C(O)CNCC(=O)O.[Fe].[Fe]. The average molecular weight is 511 g/mol. The summed E-state index contributed by atoms with van der Waals surface area (Å²) in [4.78, 5) is 58.4. The summed E-state index contributed by atoms with van der Waals surface area (Å²) < 4.78 is 0. The first-order chi connectivity index (χ1) is 12.4. The summed E-state index contributed by atoms with van der Waals surface area (Å²) in [6, 6.07) is 0. The average Bonchev–Trinajstić information content (AvgIpc) is 2.46. The summed E-state index contributed by atoms with van der Waals surface area (Å²) in [6.45, 7) is -1.88. The Morgan fingerprint density at radius 3 is 0.552 bits per heavy atom. The van der Waals surface area contributed by atoms with Crippen molar-refractivity contribution in [2.45, 2.75) is 0 Å². The molecular formula is C12H21Fe2N3O12. The number of carboxylic acids is 6. The summed E-state index contributed by atoms with van der Waals surface area (Å²) in [7, 11) is 0. The van der Waals surface area contributed by atoms with Gasteiger partial charge >= 0.3 is 35.8 Å². The van der Waals surface area contributed by atoms with Crippen molar-refractivity contribution in [2.24, 2.45) is 0 Å². The van der Waals surface area contributed by atoms with Gasteiger partial charge in [-0.2, -0.15) is 0 Å². The normalized spacial score (nSPS) is 8.28. The van der Waals surface area contributed by atoms with Crippen LogP contribution in [0.5, 0.6) is 0 Å². The number of hydrogen-bond acceptors (Lipinski definition) is 9. The van der Waals surface area contributed by atoms with Gasteiger partial charge in [-0.3, -0.25) is 44.7 Å². The maximum Gasteiger partial charge on any atom is 0.317 e. The molecule has 0 aliphatic heterocycles. The third kappa shape index (κ3) is 58.6. The van der Waals surface area contributed by atoms with Crippen molar-refractivity contribution in [3.8, 4) is 0 Å². The number of carboxylic acid groups (broad SMARTS) is 6. The van der Waals surface area contributed by atoms with E-state index in [0.29, 0.717) is 0 Å². The molecule has 0 heterocycles. The molecule has 29 heavy (non-hydrogen) atoms. The van der Waals surface area contributed by atoms with Crippen LogP contribution in [0.1, 0.15) is 0 Å². The Balaban J connectivity index is -0.0000000960. The van der Waals surface area contributed by atoms with Crippen molar-refractivity contribution in [2.75, 3.05) is 39.3 Å². The van der Waals surface area contributed by atoms with Crippen molar-refractivity contribution in [1.29, 1.82) is 0 Å². The predicted octanol–water partition coefficient (Wildman–Crippen LogP) is -3.77. The molecule has 17 heteroatoms. The zero-order valence-corrected chi connectivity index (χ0v) is 16.8. The van der Waals surface area contributed by atoms with Crippen molar-refractivity contribution in [3.05, 3.63) is 0 Å². The van der Waals surface area contributed by atoms with E-state index in [9.17, 15) is 28.8 Å². The fourth-order valence-electron chi connectivity index (χ4n) is 0.829. The van der Waals surface area contributed by atoms with Gasteiger partial charge in [0.15, 0.2) is 0 Å². The smallest absolute Gasteiger partial charge is 0.317 e. The van der Waals surface area contributed by atoms with Crippen LogP contribution < -0.4 is 16.0 Å². The molecule has 0 fully saturated rings. The van der Waals surface area contributed by atoms with Crippen LogP contribution in [0, 0.1) is 0 Å². The van der Waals surface area contributed by atoms with Gasteiger partial charge in [-0.1, -0.05) is 0 Å². The summed E-state index contributed by atoms with van der Waals surface area (Å²) >= 11 is 0. The van der Waals surface area contributed by atoms with E-state index in [4.69, 9.17) is 30.6 Å². The number of hydrogen-bond donors (Lipinski definition) is 9. The van der Waals surface area contributed by atoms with Crippen LogP contribution in [0.2, 0.25) is 0 Å². The summed E-state index contributed by atoms with van der Waals surface area (Å²) in [5.41, 5.74) is 0. The van der Waals surface area contributed by atoms with Gasteiger partial charge in [0.05, 0.1) is 39.3 Å². The fraction of sp³-hybridized carbons (Fsp3) is 0.500. The second-order valence-corrected chi connectivity index (χ2v) is 4.17.